The lowest BCUT2D eigenvalue weighted by molar-refractivity contribution is -0.119. The Morgan fingerprint density at radius 1 is 1.32 bits per heavy atom. The van der Waals surface area contributed by atoms with Gasteiger partial charge in [-0.05, 0) is 19.8 Å². The van der Waals surface area contributed by atoms with Crippen LogP contribution in [0.5, 0.6) is 0 Å². The number of hydrogen-bond acceptors (Lipinski definition) is 4. The molecule has 106 valence electrons. The highest BCUT2D eigenvalue weighted by Gasteiger charge is 2.14. The Morgan fingerprint density at radius 3 is 2.47 bits per heavy atom. The Balaban J connectivity index is 2.70. The number of aromatic nitrogens is 2. The minimum Gasteiger partial charge on any atom is -0.354 e. The van der Waals surface area contributed by atoms with Crippen molar-refractivity contribution in [2.24, 2.45) is 5.92 Å². The molecule has 0 saturated carbocycles. The maximum absolute atomic E-state index is 11.8. The Labute approximate surface area is 119 Å². The molecule has 5 nitrogen and oxygen atoms in total. The number of carbonyl (C=O) groups excluding carboxylic acids is 1. The monoisotopic (exact) mass is 284 g/mol. The van der Waals surface area contributed by atoms with Gasteiger partial charge in [-0.3, -0.25) is 4.79 Å². The predicted octanol–water partition coefficient (Wildman–Crippen LogP) is 1.96. The van der Waals surface area contributed by atoms with Crippen LogP contribution in [0.25, 0.3) is 0 Å². The van der Waals surface area contributed by atoms with Gasteiger partial charge in [-0.15, -0.1) is 0 Å². The quantitative estimate of drug-likeness (QED) is 0.898. The van der Waals surface area contributed by atoms with Crippen LogP contribution >= 0.6 is 11.6 Å². The third-order valence-electron chi connectivity index (χ3n) is 2.70. The first-order valence-corrected chi connectivity index (χ1v) is 6.67. The molecule has 0 atom stereocenters. The number of carbonyl (C=O) groups is 1. The summed E-state index contributed by atoms with van der Waals surface area (Å²) in [7, 11) is 1.78. The molecule has 0 unspecified atom stereocenters. The molecule has 0 radical (unpaired) electrons. The minimum absolute atomic E-state index is 0.0488. The summed E-state index contributed by atoms with van der Waals surface area (Å²) in [5, 5.41) is 3.18. The van der Waals surface area contributed by atoms with Gasteiger partial charge in [0.1, 0.15) is 0 Å². The number of hydrogen-bond donors (Lipinski definition) is 1. The third-order valence-corrected chi connectivity index (χ3v) is 2.95. The molecule has 1 rings (SSSR count). The van der Waals surface area contributed by atoms with Gasteiger partial charge in [0.2, 0.25) is 5.91 Å². The van der Waals surface area contributed by atoms with Crippen LogP contribution in [0.2, 0.25) is 5.15 Å². The van der Waals surface area contributed by atoms with Crippen molar-refractivity contribution in [3.05, 3.63) is 16.5 Å². The van der Waals surface area contributed by atoms with Crippen LogP contribution in [-0.4, -0.2) is 36.0 Å². The van der Waals surface area contributed by atoms with Crippen LogP contribution in [-0.2, 0) is 4.79 Å². The van der Waals surface area contributed by atoms with Crippen LogP contribution in [0.1, 0.15) is 25.2 Å². The van der Waals surface area contributed by atoms with Gasteiger partial charge in [-0.2, -0.15) is 0 Å². The predicted molar refractivity (Wildman–Crippen MR) is 77.6 cm³/mol. The molecule has 0 aliphatic carbocycles. The highest BCUT2D eigenvalue weighted by molar-refractivity contribution is 6.31. The SMILES string of the molecule is Cc1nc(Cl)c(N(C)CC(=O)NCC(C)C)nc1C. The molecule has 0 saturated heterocycles. The molecular formula is C13H21ClN4O. The van der Waals surface area contributed by atoms with Crippen molar-refractivity contribution in [1.82, 2.24) is 15.3 Å². The van der Waals surface area contributed by atoms with E-state index in [0.29, 0.717) is 23.4 Å². The first kappa shape index (κ1) is 15.7. The summed E-state index contributed by atoms with van der Waals surface area (Å²) in [4.78, 5) is 22.0. The van der Waals surface area contributed by atoms with Crippen LogP contribution in [0.4, 0.5) is 5.82 Å². The van der Waals surface area contributed by atoms with E-state index < -0.39 is 0 Å². The molecule has 6 heteroatoms. The molecule has 1 aromatic rings. The molecule has 0 aromatic carbocycles. The average molecular weight is 285 g/mol. The van der Waals surface area contributed by atoms with Crippen molar-refractivity contribution in [2.45, 2.75) is 27.7 Å². The summed E-state index contributed by atoms with van der Waals surface area (Å²) < 4.78 is 0. The summed E-state index contributed by atoms with van der Waals surface area (Å²) in [5.41, 5.74) is 1.61. The summed E-state index contributed by atoms with van der Waals surface area (Å²) in [6.07, 6.45) is 0. The third kappa shape index (κ3) is 4.67. The highest BCUT2D eigenvalue weighted by atomic mass is 35.5. The van der Waals surface area contributed by atoms with Gasteiger partial charge in [0.15, 0.2) is 11.0 Å². The van der Waals surface area contributed by atoms with Crippen LogP contribution in [0.3, 0.4) is 0 Å². The lowest BCUT2D eigenvalue weighted by atomic mass is 10.2. The minimum atomic E-state index is -0.0488. The largest absolute Gasteiger partial charge is 0.354 e. The summed E-state index contributed by atoms with van der Waals surface area (Å²) in [5.74, 6) is 0.913. The van der Waals surface area contributed by atoms with E-state index in [1.54, 1.807) is 11.9 Å². The van der Waals surface area contributed by atoms with Crippen molar-refractivity contribution in [1.29, 1.82) is 0 Å². The van der Waals surface area contributed by atoms with Crippen molar-refractivity contribution in [3.63, 3.8) is 0 Å². The van der Waals surface area contributed by atoms with Gasteiger partial charge in [0, 0.05) is 13.6 Å². The Kier molecular flexibility index (Phi) is 5.54. The second-order valence-electron chi connectivity index (χ2n) is 5.06. The smallest absolute Gasteiger partial charge is 0.239 e. The molecule has 0 fully saturated rings. The summed E-state index contributed by atoms with van der Waals surface area (Å²) in [6.45, 7) is 8.70. The van der Waals surface area contributed by atoms with E-state index >= 15 is 0 Å². The lowest BCUT2D eigenvalue weighted by Crippen LogP contribution is -2.37. The van der Waals surface area contributed by atoms with Crippen molar-refractivity contribution in [3.8, 4) is 0 Å². The molecule has 0 aliphatic heterocycles. The van der Waals surface area contributed by atoms with Crippen LogP contribution in [0.15, 0.2) is 0 Å². The van der Waals surface area contributed by atoms with Crippen LogP contribution < -0.4 is 10.2 Å². The van der Waals surface area contributed by atoms with E-state index in [4.69, 9.17) is 11.6 Å². The maximum atomic E-state index is 11.8. The van der Waals surface area contributed by atoms with E-state index in [9.17, 15) is 4.79 Å². The molecule has 19 heavy (non-hydrogen) atoms. The zero-order valence-corrected chi connectivity index (χ0v) is 12.9. The van der Waals surface area contributed by atoms with E-state index in [1.165, 1.54) is 0 Å². The second-order valence-corrected chi connectivity index (χ2v) is 5.42. The Hall–Kier alpha value is -1.36. The number of rotatable bonds is 5. The lowest BCUT2D eigenvalue weighted by Gasteiger charge is -2.19. The maximum Gasteiger partial charge on any atom is 0.239 e. The van der Waals surface area contributed by atoms with Gasteiger partial charge in [0.05, 0.1) is 17.9 Å². The number of nitrogens with zero attached hydrogens (tertiary/aromatic N) is 3. The first-order chi connectivity index (χ1) is 8.81. The standard InChI is InChI=1S/C13H21ClN4O/c1-8(2)6-15-11(19)7-18(5)13-12(14)16-9(3)10(4)17-13/h8H,6-7H2,1-5H3,(H,15,19). The van der Waals surface area contributed by atoms with E-state index in [0.717, 1.165) is 11.4 Å². The first-order valence-electron chi connectivity index (χ1n) is 6.29. The molecule has 0 aliphatic rings. The fourth-order valence-electron chi connectivity index (χ4n) is 1.47. The molecule has 1 N–H and O–H groups in total. The van der Waals surface area contributed by atoms with Gasteiger partial charge in [-0.25, -0.2) is 9.97 Å². The fraction of sp³-hybridized carbons (Fsp3) is 0.615. The number of halogens is 1. The molecule has 1 amide bonds. The van der Waals surface area contributed by atoms with Crippen molar-refractivity contribution in [2.75, 3.05) is 25.0 Å². The summed E-state index contributed by atoms with van der Waals surface area (Å²) >= 11 is 6.06. The molecule has 0 bridgehead atoms. The number of aryl methyl sites for hydroxylation is 2. The van der Waals surface area contributed by atoms with Gasteiger partial charge < -0.3 is 10.2 Å². The number of nitrogens with one attached hydrogen (secondary N) is 1. The Bertz CT molecular complexity index is 462. The zero-order chi connectivity index (χ0) is 14.6. The highest BCUT2D eigenvalue weighted by Crippen LogP contribution is 2.21. The van der Waals surface area contributed by atoms with E-state index in [1.807, 2.05) is 13.8 Å². The van der Waals surface area contributed by atoms with Crippen molar-refractivity contribution >= 4 is 23.3 Å². The van der Waals surface area contributed by atoms with Gasteiger partial charge >= 0.3 is 0 Å². The van der Waals surface area contributed by atoms with Gasteiger partial charge in [-0.1, -0.05) is 25.4 Å². The molecular weight excluding hydrogens is 264 g/mol. The summed E-state index contributed by atoms with van der Waals surface area (Å²) in [6, 6.07) is 0. The normalized spacial score (nSPS) is 10.7. The number of likely N-dealkylation sites (N-methyl/N-ethyl adjacent to an activating group) is 1. The van der Waals surface area contributed by atoms with Crippen LogP contribution in [0, 0.1) is 19.8 Å². The average Bonchev–Trinajstić information content (AvgIpc) is 2.31. The fourth-order valence-corrected chi connectivity index (χ4v) is 1.78. The molecule has 1 heterocycles. The molecule has 0 spiro atoms. The number of anilines is 1. The Morgan fingerprint density at radius 2 is 1.89 bits per heavy atom. The topological polar surface area (TPSA) is 58.1 Å². The molecule has 1 aromatic heterocycles. The van der Waals surface area contributed by atoms with Crippen molar-refractivity contribution < 1.29 is 4.79 Å². The zero-order valence-electron chi connectivity index (χ0n) is 12.1. The number of amides is 1. The van der Waals surface area contributed by atoms with E-state index in [-0.39, 0.29) is 12.5 Å². The van der Waals surface area contributed by atoms with Gasteiger partial charge in [0.25, 0.3) is 0 Å². The van der Waals surface area contributed by atoms with E-state index in [2.05, 4.69) is 29.1 Å². The second kappa shape index (κ2) is 6.70.